The average Bonchev–Trinajstić information content (AvgIpc) is 2.04. The summed E-state index contributed by atoms with van der Waals surface area (Å²) in [7, 11) is 0. The number of carbonyl (C=O) groups is 1. The molecule has 1 heterocycles. The molecule has 0 aromatic carbocycles. The minimum absolute atomic E-state index is 0.124. The molecule has 0 saturated heterocycles. The maximum Gasteiger partial charge on any atom is 0.310 e. The zero-order valence-electron chi connectivity index (χ0n) is 5.99. The van der Waals surface area contributed by atoms with Crippen molar-refractivity contribution in [2.24, 2.45) is 0 Å². The van der Waals surface area contributed by atoms with E-state index in [0.29, 0.717) is 6.42 Å². The van der Waals surface area contributed by atoms with E-state index < -0.39 is 0 Å². The maximum atomic E-state index is 10.8. The number of ether oxygens (including phenoxy) is 1. The lowest BCUT2D eigenvalue weighted by molar-refractivity contribution is -0.145. The van der Waals surface area contributed by atoms with E-state index in [4.69, 9.17) is 4.74 Å². The van der Waals surface area contributed by atoms with Gasteiger partial charge in [-0.1, -0.05) is 24.3 Å². The molecule has 0 radical (unpaired) electrons. The molecule has 0 spiro atoms. The molecule has 56 valence electrons. The molecule has 0 N–H and O–H groups in total. The smallest absolute Gasteiger partial charge is 0.310 e. The number of esters is 1. The Kier molecular flexibility index (Phi) is 1.39. The highest BCUT2D eigenvalue weighted by Crippen LogP contribution is 2.20. The lowest BCUT2D eigenvalue weighted by Crippen LogP contribution is -2.22. The van der Waals surface area contributed by atoms with Gasteiger partial charge in [0.1, 0.15) is 6.10 Å². The fourth-order valence-electron chi connectivity index (χ4n) is 1.22. The fraction of sp³-hybridized carbons (Fsp3) is 0.222. The van der Waals surface area contributed by atoms with Gasteiger partial charge in [0.05, 0.1) is 6.42 Å². The number of carbonyl (C=O) groups excluding carboxylic acids is 1. The van der Waals surface area contributed by atoms with Crippen molar-refractivity contribution < 1.29 is 9.53 Å². The van der Waals surface area contributed by atoms with Gasteiger partial charge in [-0.15, -0.1) is 0 Å². The van der Waals surface area contributed by atoms with Gasteiger partial charge in [0.25, 0.3) is 0 Å². The van der Waals surface area contributed by atoms with Gasteiger partial charge in [-0.2, -0.15) is 0 Å². The maximum absolute atomic E-state index is 10.8. The van der Waals surface area contributed by atoms with Crippen molar-refractivity contribution in [1.82, 2.24) is 0 Å². The summed E-state index contributed by atoms with van der Waals surface area (Å²) in [6, 6.07) is 0. The van der Waals surface area contributed by atoms with Crippen LogP contribution in [0, 0.1) is 0 Å². The standard InChI is InChI=1S/C9H8O2/c10-9-6-5-7-3-1-2-4-8(7)11-9/h1-5,8H,6H2. The van der Waals surface area contributed by atoms with E-state index >= 15 is 0 Å². The van der Waals surface area contributed by atoms with Crippen LogP contribution < -0.4 is 0 Å². The van der Waals surface area contributed by atoms with Gasteiger partial charge in [-0.05, 0) is 11.6 Å². The van der Waals surface area contributed by atoms with Crippen molar-refractivity contribution in [3.8, 4) is 0 Å². The quantitative estimate of drug-likeness (QED) is 0.485. The molecule has 11 heavy (non-hydrogen) atoms. The fourth-order valence-corrected chi connectivity index (χ4v) is 1.22. The zero-order chi connectivity index (χ0) is 7.68. The first kappa shape index (κ1) is 6.40. The lowest BCUT2D eigenvalue weighted by Gasteiger charge is -2.21. The number of hydrogen-bond acceptors (Lipinski definition) is 2. The third-order valence-corrected chi connectivity index (χ3v) is 1.78. The van der Waals surface area contributed by atoms with Crippen LogP contribution in [0.4, 0.5) is 0 Å². The Morgan fingerprint density at radius 1 is 1.45 bits per heavy atom. The Labute approximate surface area is 64.9 Å². The molecule has 0 amide bonds. The van der Waals surface area contributed by atoms with Crippen LogP contribution in [0.5, 0.6) is 0 Å². The first-order valence-electron chi connectivity index (χ1n) is 3.61. The summed E-state index contributed by atoms with van der Waals surface area (Å²) >= 11 is 0. The Bertz CT molecular complexity index is 271. The van der Waals surface area contributed by atoms with Crippen LogP contribution in [-0.4, -0.2) is 12.1 Å². The van der Waals surface area contributed by atoms with Crippen LogP contribution in [0.15, 0.2) is 36.0 Å². The van der Waals surface area contributed by atoms with Crippen LogP contribution in [0.1, 0.15) is 6.42 Å². The van der Waals surface area contributed by atoms with E-state index in [0.717, 1.165) is 5.57 Å². The highest BCUT2D eigenvalue weighted by atomic mass is 16.5. The van der Waals surface area contributed by atoms with Crippen molar-refractivity contribution >= 4 is 5.97 Å². The van der Waals surface area contributed by atoms with Gasteiger partial charge in [-0.25, -0.2) is 0 Å². The first-order chi connectivity index (χ1) is 5.36. The molecule has 2 rings (SSSR count). The summed E-state index contributed by atoms with van der Waals surface area (Å²) in [5.41, 5.74) is 1.09. The number of allylic oxidation sites excluding steroid dienone is 2. The molecule has 0 bridgehead atoms. The van der Waals surface area contributed by atoms with Crippen molar-refractivity contribution in [2.75, 3.05) is 0 Å². The van der Waals surface area contributed by atoms with E-state index in [1.54, 1.807) is 0 Å². The van der Waals surface area contributed by atoms with Crippen LogP contribution in [0.2, 0.25) is 0 Å². The van der Waals surface area contributed by atoms with Crippen molar-refractivity contribution in [2.45, 2.75) is 12.5 Å². The van der Waals surface area contributed by atoms with Crippen LogP contribution in [-0.2, 0) is 9.53 Å². The monoisotopic (exact) mass is 148 g/mol. The molecule has 0 saturated carbocycles. The molecule has 1 atom stereocenters. The zero-order valence-corrected chi connectivity index (χ0v) is 5.99. The summed E-state index contributed by atoms with van der Waals surface area (Å²) in [5.74, 6) is -0.140. The van der Waals surface area contributed by atoms with Gasteiger partial charge in [0.2, 0.25) is 0 Å². The van der Waals surface area contributed by atoms with Crippen molar-refractivity contribution in [1.29, 1.82) is 0 Å². The molecule has 0 aromatic heterocycles. The Balaban J connectivity index is 2.30. The lowest BCUT2D eigenvalue weighted by atomic mass is 10.0. The van der Waals surface area contributed by atoms with E-state index in [2.05, 4.69) is 0 Å². The van der Waals surface area contributed by atoms with Crippen LogP contribution in [0.25, 0.3) is 0 Å². The molecule has 1 unspecified atom stereocenters. The average molecular weight is 148 g/mol. The number of fused-ring (bicyclic) bond motifs is 1. The van der Waals surface area contributed by atoms with Gasteiger partial charge >= 0.3 is 5.97 Å². The van der Waals surface area contributed by atoms with Crippen molar-refractivity contribution in [3.05, 3.63) is 36.0 Å². The summed E-state index contributed by atoms with van der Waals surface area (Å²) in [5, 5.41) is 0. The van der Waals surface area contributed by atoms with Crippen LogP contribution in [0.3, 0.4) is 0 Å². The number of rotatable bonds is 0. The third kappa shape index (κ3) is 1.11. The largest absolute Gasteiger partial charge is 0.453 e. The highest BCUT2D eigenvalue weighted by molar-refractivity contribution is 5.74. The molecule has 2 aliphatic rings. The SMILES string of the molecule is O=C1CC=C2C=CC=CC2O1. The van der Waals surface area contributed by atoms with Gasteiger partial charge in [0.15, 0.2) is 0 Å². The molecule has 0 aromatic rings. The van der Waals surface area contributed by atoms with Gasteiger partial charge in [-0.3, -0.25) is 4.79 Å². The Morgan fingerprint density at radius 3 is 3.27 bits per heavy atom. The molecular weight excluding hydrogens is 140 g/mol. The van der Waals surface area contributed by atoms with Gasteiger partial charge in [0, 0.05) is 0 Å². The van der Waals surface area contributed by atoms with E-state index in [-0.39, 0.29) is 12.1 Å². The molecule has 1 aliphatic heterocycles. The minimum Gasteiger partial charge on any atom is -0.453 e. The minimum atomic E-state index is -0.140. The topological polar surface area (TPSA) is 26.3 Å². The first-order valence-corrected chi connectivity index (χ1v) is 3.61. The summed E-state index contributed by atoms with van der Waals surface area (Å²) in [4.78, 5) is 10.8. The summed E-state index contributed by atoms with van der Waals surface area (Å²) in [6.45, 7) is 0. The molecule has 1 aliphatic carbocycles. The Hall–Kier alpha value is -1.31. The molecule has 0 fully saturated rings. The molecular formula is C9H8O2. The highest BCUT2D eigenvalue weighted by Gasteiger charge is 2.20. The summed E-state index contributed by atoms with van der Waals surface area (Å²) in [6.07, 6.45) is 9.88. The van der Waals surface area contributed by atoms with Crippen molar-refractivity contribution in [3.63, 3.8) is 0 Å². The van der Waals surface area contributed by atoms with E-state index in [9.17, 15) is 4.79 Å². The van der Waals surface area contributed by atoms with Gasteiger partial charge < -0.3 is 4.74 Å². The van der Waals surface area contributed by atoms with E-state index in [1.807, 2.05) is 30.4 Å². The Morgan fingerprint density at radius 2 is 2.36 bits per heavy atom. The molecule has 2 nitrogen and oxygen atoms in total. The summed E-state index contributed by atoms with van der Waals surface area (Å²) < 4.78 is 5.04. The predicted molar refractivity (Wildman–Crippen MR) is 40.9 cm³/mol. The second kappa shape index (κ2) is 2.38. The molecule has 2 heteroatoms. The predicted octanol–water partition coefficient (Wildman–Crippen LogP) is 1.35. The normalized spacial score (nSPS) is 27.5. The second-order valence-corrected chi connectivity index (χ2v) is 2.56. The van der Waals surface area contributed by atoms with E-state index in [1.165, 1.54) is 0 Å². The third-order valence-electron chi connectivity index (χ3n) is 1.78. The number of hydrogen-bond donors (Lipinski definition) is 0. The second-order valence-electron chi connectivity index (χ2n) is 2.56. The van der Waals surface area contributed by atoms with Crippen LogP contribution >= 0.6 is 0 Å².